The molecule has 0 saturated heterocycles. The predicted molar refractivity (Wildman–Crippen MR) is 104 cm³/mol. The van der Waals surface area contributed by atoms with Gasteiger partial charge in [0.2, 0.25) is 0 Å². The number of para-hydroxylation sites is 1. The molecule has 0 amide bonds. The van der Waals surface area contributed by atoms with Gasteiger partial charge in [-0.3, -0.25) is 0 Å². The molecule has 1 aromatic rings. The van der Waals surface area contributed by atoms with E-state index in [-0.39, 0.29) is 0 Å². The topological polar surface area (TPSA) is 12.0 Å². The van der Waals surface area contributed by atoms with Crippen molar-refractivity contribution in [3.05, 3.63) is 47.5 Å². The first kappa shape index (κ1) is 16.4. The highest BCUT2D eigenvalue weighted by molar-refractivity contribution is 6.74. The third-order valence-electron chi connectivity index (χ3n) is 5.08. The molecule has 0 bridgehead atoms. The van der Waals surface area contributed by atoms with Crippen LogP contribution in [0.4, 0.5) is 5.69 Å². The minimum atomic E-state index is 0.533. The highest BCUT2D eigenvalue weighted by Gasteiger charge is 2.38. The number of hydrogen-bond donors (Lipinski definition) is 1. The van der Waals surface area contributed by atoms with Crippen molar-refractivity contribution in [3.8, 4) is 0 Å². The molecule has 1 aromatic carbocycles. The van der Waals surface area contributed by atoms with Crippen LogP contribution in [0.5, 0.6) is 0 Å². The number of fused-ring (bicyclic) bond motifs is 1. The highest BCUT2D eigenvalue weighted by atomic mass is 14.8. The van der Waals surface area contributed by atoms with E-state index < -0.39 is 0 Å². The van der Waals surface area contributed by atoms with E-state index in [1.54, 1.807) is 0 Å². The average Bonchev–Trinajstić information content (AvgIpc) is 3.41. The zero-order chi connectivity index (χ0) is 15.9. The first-order valence-electron chi connectivity index (χ1n) is 9.62. The van der Waals surface area contributed by atoms with E-state index in [2.05, 4.69) is 54.6 Å². The van der Waals surface area contributed by atoms with E-state index >= 15 is 0 Å². The van der Waals surface area contributed by atoms with E-state index in [0.717, 1.165) is 5.82 Å². The Kier molecular flexibility index (Phi) is 6.02. The van der Waals surface area contributed by atoms with Gasteiger partial charge in [0.15, 0.2) is 0 Å². The van der Waals surface area contributed by atoms with Crippen LogP contribution in [0.15, 0.2) is 41.9 Å². The van der Waals surface area contributed by atoms with Crippen molar-refractivity contribution in [2.75, 3.05) is 5.23 Å². The molecule has 122 valence electrons. The Morgan fingerprint density at radius 1 is 1.09 bits per heavy atom. The zero-order valence-corrected chi connectivity index (χ0v) is 14.6. The summed E-state index contributed by atoms with van der Waals surface area (Å²) >= 11 is 0. The Morgan fingerprint density at radius 3 is 2.70 bits per heavy atom. The standard InChI is InChI=1S/C21H30BN/c1-2-3-4-5-6-7-8-9-13-20-17-18-12-10-11-14-21(18)23-22(20)19-15-16-19/h9-14,17,19,23H,2-8,15-16H2,1H3/b13-9+. The maximum absolute atomic E-state index is 3.76. The summed E-state index contributed by atoms with van der Waals surface area (Å²) in [6.07, 6.45) is 19.4. The number of anilines is 1. The summed E-state index contributed by atoms with van der Waals surface area (Å²) in [5.41, 5.74) is 4.12. The van der Waals surface area contributed by atoms with Crippen LogP contribution in [0.1, 0.15) is 70.3 Å². The molecule has 2 heteroatoms. The average molecular weight is 307 g/mol. The van der Waals surface area contributed by atoms with E-state index in [1.165, 1.54) is 74.5 Å². The van der Waals surface area contributed by atoms with Crippen molar-refractivity contribution in [2.24, 2.45) is 0 Å². The molecule has 3 rings (SSSR count). The SMILES string of the molecule is CCCCCCCC/C=C/C1=Cc2ccccc2NB1C1CC1. The molecule has 2 aliphatic rings. The third-order valence-corrected chi connectivity index (χ3v) is 5.08. The van der Waals surface area contributed by atoms with Gasteiger partial charge in [0.05, 0.1) is 0 Å². The normalized spacial score (nSPS) is 17.1. The number of benzene rings is 1. The smallest absolute Gasteiger partial charge is 0.289 e. The van der Waals surface area contributed by atoms with Crippen LogP contribution < -0.4 is 5.23 Å². The Morgan fingerprint density at radius 2 is 1.87 bits per heavy atom. The molecule has 0 radical (unpaired) electrons. The van der Waals surface area contributed by atoms with Gasteiger partial charge >= 0.3 is 0 Å². The van der Waals surface area contributed by atoms with Gasteiger partial charge in [0.25, 0.3) is 6.85 Å². The van der Waals surface area contributed by atoms with Crippen LogP contribution in [0.25, 0.3) is 6.08 Å². The van der Waals surface area contributed by atoms with Crippen molar-refractivity contribution in [1.82, 2.24) is 0 Å². The van der Waals surface area contributed by atoms with Crippen LogP contribution >= 0.6 is 0 Å². The molecule has 0 aromatic heterocycles. The lowest BCUT2D eigenvalue weighted by atomic mass is 9.49. The van der Waals surface area contributed by atoms with Gasteiger partial charge in [-0.25, -0.2) is 0 Å². The molecular weight excluding hydrogens is 277 g/mol. The second-order valence-corrected chi connectivity index (χ2v) is 7.15. The Bertz CT molecular complexity index is 557. The molecule has 1 aliphatic heterocycles. The van der Waals surface area contributed by atoms with Crippen LogP contribution in [-0.4, -0.2) is 6.85 Å². The van der Waals surface area contributed by atoms with Crippen molar-refractivity contribution >= 4 is 18.6 Å². The summed E-state index contributed by atoms with van der Waals surface area (Å²) in [7, 11) is 0. The highest BCUT2D eigenvalue weighted by Crippen LogP contribution is 2.44. The van der Waals surface area contributed by atoms with Crippen molar-refractivity contribution in [3.63, 3.8) is 0 Å². The predicted octanol–water partition coefficient (Wildman–Crippen LogP) is 6.50. The Balaban J connectivity index is 1.52. The summed E-state index contributed by atoms with van der Waals surface area (Å²) in [4.78, 5) is 0. The molecule has 0 spiro atoms. The molecule has 1 saturated carbocycles. The number of hydrogen-bond acceptors (Lipinski definition) is 1. The Labute approximate surface area is 142 Å². The number of rotatable bonds is 9. The summed E-state index contributed by atoms with van der Waals surface area (Å²) in [6, 6.07) is 8.68. The fraction of sp³-hybridized carbons (Fsp3) is 0.524. The van der Waals surface area contributed by atoms with Gasteiger partial charge in [-0.15, -0.1) is 0 Å². The second-order valence-electron chi connectivity index (χ2n) is 7.15. The molecule has 1 aliphatic carbocycles. The fourth-order valence-electron chi connectivity index (χ4n) is 3.51. The first-order valence-corrected chi connectivity index (χ1v) is 9.62. The van der Waals surface area contributed by atoms with Crippen molar-refractivity contribution < 1.29 is 0 Å². The monoisotopic (exact) mass is 307 g/mol. The minimum absolute atomic E-state index is 0.533. The summed E-state index contributed by atoms with van der Waals surface area (Å²) in [5, 5.41) is 3.76. The van der Waals surface area contributed by atoms with E-state index in [9.17, 15) is 0 Å². The molecule has 1 heterocycles. The molecule has 1 nitrogen and oxygen atoms in total. The van der Waals surface area contributed by atoms with E-state index in [1.807, 2.05) is 0 Å². The quantitative estimate of drug-likeness (QED) is 0.406. The molecule has 0 unspecified atom stereocenters. The lowest BCUT2D eigenvalue weighted by Gasteiger charge is -2.24. The van der Waals surface area contributed by atoms with Crippen LogP contribution in [-0.2, 0) is 0 Å². The van der Waals surface area contributed by atoms with Gasteiger partial charge in [-0.05, 0) is 30.3 Å². The minimum Gasteiger partial charge on any atom is -0.423 e. The molecule has 1 N–H and O–H groups in total. The van der Waals surface area contributed by atoms with Crippen molar-refractivity contribution in [1.29, 1.82) is 0 Å². The summed E-state index contributed by atoms with van der Waals surface area (Å²) in [5.74, 6) is 0.841. The third kappa shape index (κ3) is 4.77. The van der Waals surface area contributed by atoms with Crippen molar-refractivity contribution in [2.45, 2.75) is 70.5 Å². The van der Waals surface area contributed by atoms with Gasteiger partial charge in [0.1, 0.15) is 0 Å². The fourth-order valence-corrected chi connectivity index (χ4v) is 3.51. The van der Waals surface area contributed by atoms with Crippen LogP contribution in [0, 0.1) is 0 Å². The first-order chi connectivity index (χ1) is 11.4. The van der Waals surface area contributed by atoms with Gasteiger partial charge in [-0.2, -0.15) is 0 Å². The Hall–Kier alpha value is -1.44. The molecule has 23 heavy (non-hydrogen) atoms. The summed E-state index contributed by atoms with van der Waals surface area (Å²) in [6.45, 7) is 2.81. The van der Waals surface area contributed by atoms with Gasteiger partial charge in [-0.1, -0.05) is 93.8 Å². The largest absolute Gasteiger partial charge is 0.423 e. The second kappa shape index (κ2) is 8.43. The van der Waals surface area contributed by atoms with Crippen LogP contribution in [0.2, 0.25) is 5.82 Å². The maximum atomic E-state index is 3.76. The maximum Gasteiger partial charge on any atom is 0.289 e. The molecular formula is C21H30BN. The zero-order valence-electron chi connectivity index (χ0n) is 14.6. The van der Waals surface area contributed by atoms with E-state index in [4.69, 9.17) is 0 Å². The van der Waals surface area contributed by atoms with E-state index in [0.29, 0.717) is 6.85 Å². The number of unbranched alkanes of at least 4 members (excludes halogenated alkanes) is 6. The molecule has 1 fully saturated rings. The molecule has 0 atom stereocenters. The lowest BCUT2D eigenvalue weighted by molar-refractivity contribution is 0.611. The summed E-state index contributed by atoms with van der Waals surface area (Å²) < 4.78 is 0. The van der Waals surface area contributed by atoms with Gasteiger partial charge < -0.3 is 5.23 Å². The number of nitrogens with one attached hydrogen (secondary N) is 1. The lowest BCUT2D eigenvalue weighted by Crippen LogP contribution is -2.30. The number of allylic oxidation sites excluding steroid dienone is 3. The van der Waals surface area contributed by atoms with Gasteiger partial charge in [0, 0.05) is 5.69 Å². The van der Waals surface area contributed by atoms with Crippen LogP contribution in [0.3, 0.4) is 0 Å².